The Morgan fingerprint density at radius 3 is 2.41 bits per heavy atom. The van der Waals surface area contributed by atoms with E-state index in [9.17, 15) is 21.6 Å². The molecule has 0 atom stereocenters. The third kappa shape index (κ3) is 7.15. The van der Waals surface area contributed by atoms with Crippen LogP contribution in [0.4, 0.5) is 11.8 Å². The number of nitrogens with one attached hydrogen (secondary N) is 1. The molecule has 16 heteroatoms. The molecular formula is C23H28N6O8S2. The molecule has 1 amide bonds. The molecule has 3 aromatic rings. The van der Waals surface area contributed by atoms with Crippen LogP contribution < -0.4 is 16.0 Å². The lowest BCUT2D eigenvalue weighted by atomic mass is 10.0. The van der Waals surface area contributed by atoms with Crippen LogP contribution in [-0.2, 0) is 33.3 Å². The van der Waals surface area contributed by atoms with E-state index in [1.54, 1.807) is 42.3 Å². The fourth-order valence-corrected chi connectivity index (χ4v) is 4.81. The highest BCUT2D eigenvalue weighted by atomic mass is 32.2. The van der Waals surface area contributed by atoms with Crippen molar-refractivity contribution in [2.45, 2.75) is 5.60 Å². The van der Waals surface area contributed by atoms with Crippen molar-refractivity contribution in [2.24, 2.45) is 0 Å². The molecule has 3 N–H and O–H groups in total. The van der Waals surface area contributed by atoms with Gasteiger partial charge < -0.3 is 20.7 Å². The van der Waals surface area contributed by atoms with Gasteiger partial charge in [0.25, 0.3) is 26.1 Å². The van der Waals surface area contributed by atoms with Crippen LogP contribution in [0.2, 0.25) is 0 Å². The number of rotatable bonds is 9. The first-order valence-electron chi connectivity index (χ1n) is 11.6. The van der Waals surface area contributed by atoms with Gasteiger partial charge in [0, 0.05) is 24.7 Å². The Morgan fingerprint density at radius 1 is 1.08 bits per heavy atom. The van der Waals surface area contributed by atoms with Crippen molar-refractivity contribution in [1.29, 1.82) is 0 Å². The summed E-state index contributed by atoms with van der Waals surface area (Å²) in [6.07, 6.45) is 1.75. The summed E-state index contributed by atoms with van der Waals surface area (Å²) in [4.78, 5) is 27.3. The standard InChI is InChI=1S/C23H28N6O8S2/c1-25-21(30)16-6-4-5-15(11-16)18-8-7-17-19(24)27-22(28-20(17)26-18)29-9-10-35-23(12-29,13-36-38(2,31)32)14-37-39(3,33)34/h4-8,11H,9-10,12-14H2,1-3H3,(H,25,30)(H2,24,26,27,28). The molecule has 0 unspecified atom stereocenters. The zero-order valence-corrected chi connectivity index (χ0v) is 23.1. The Bertz CT molecular complexity index is 1580. The number of carbonyl (C=O) groups is 1. The van der Waals surface area contributed by atoms with E-state index in [1.165, 1.54) is 0 Å². The van der Waals surface area contributed by atoms with Gasteiger partial charge >= 0.3 is 0 Å². The lowest BCUT2D eigenvalue weighted by Crippen LogP contribution is -2.58. The molecule has 1 aromatic carbocycles. The Hall–Kier alpha value is -3.44. The quantitative estimate of drug-likeness (QED) is 0.325. The van der Waals surface area contributed by atoms with E-state index in [4.69, 9.17) is 18.8 Å². The first-order valence-corrected chi connectivity index (χ1v) is 15.3. The van der Waals surface area contributed by atoms with Crippen LogP contribution in [0.3, 0.4) is 0 Å². The van der Waals surface area contributed by atoms with E-state index in [1.807, 2.05) is 6.07 Å². The molecule has 0 bridgehead atoms. The number of anilines is 2. The van der Waals surface area contributed by atoms with Crippen LogP contribution in [-0.4, -0.2) is 95.8 Å². The minimum Gasteiger partial charge on any atom is -0.383 e. The summed E-state index contributed by atoms with van der Waals surface area (Å²) < 4.78 is 62.3. The lowest BCUT2D eigenvalue weighted by molar-refractivity contribution is -0.102. The topological polar surface area (TPSA) is 193 Å². The number of carbonyl (C=O) groups excluding carboxylic acids is 1. The Kier molecular flexibility index (Phi) is 8.04. The van der Waals surface area contributed by atoms with Crippen LogP contribution in [0.25, 0.3) is 22.3 Å². The summed E-state index contributed by atoms with van der Waals surface area (Å²) in [7, 11) is -6.18. The number of aromatic nitrogens is 3. The number of nitrogens with two attached hydrogens (primary N) is 1. The highest BCUT2D eigenvalue weighted by molar-refractivity contribution is 7.86. The fourth-order valence-electron chi connectivity index (χ4n) is 3.95. The molecule has 0 spiro atoms. The number of benzene rings is 1. The maximum absolute atomic E-state index is 12.1. The summed E-state index contributed by atoms with van der Waals surface area (Å²) in [6, 6.07) is 10.4. The van der Waals surface area contributed by atoms with Gasteiger partial charge in [-0.25, -0.2) is 4.98 Å². The van der Waals surface area contributed by atoms with Crippen LogP contribution in [0.1, 0.15) is 10.4 Å². The molecule has 1 aliphatic heterocycles. The second-order valence-corrected chi connectivity index (χ2v) is 12.3. The number of morpholine rings is 1. The first kappa shape index (κ1) is 28.6. The SMILES string of the molecule is CNC(=O)c1cccc(-c2ccc3c(N)nc(N4CCOC(COS(C)(=O)=O)(COS(C)(=O)=O)C4)nc3n2)c1. The molecule has 14 nitrogen and oxygen atoms in total. The monoisotopic (exact) mass is 580 g/mol. The van der Waals surface area contributed by atoms with Crippen molar-refractivity contribution < 1.29 is 34.7 Å². The molecule has 0 saturated carbocycles. The summed E-state index contributed by atoms with van der Waals surface area (Å²) in [6.45, 7) is -0.688. The highest BCUT2D eigenvalue weighted by Gasteiger charge is 2.41. The fraction of sp³-hybridized carbons (Fsp3) is 0.391. The van der Waals surface area contributed by atoms with E-state index in [-0.39, 0.29) is 43.0 Å². The number of nitrogens with zero attached hydrogens (tertiary/aromatic N) is 4. The molecule has 1 fully saturated rings. The number of hydrogen-bond donors (Lipinski definition) is 2. The first-order chi connectivity index (χ1) is 18.3. The Morgan fingerprint density at radius 2 is 1.77 bits per heavy atom. The van der Waals surface area contributed by atoms with Crippen molar-refractivity contribution >= 4 is 48.9 Å². The number of amides is 1. The molecule has 0 aliphatic carbocycles. The van der Waals surface area contributed by atoms with Crippen molar-refractivity contribution in [3.8, 4) is 11.3 Å². The summed E-state index contributed by atoms with van der Waals surface area (Å²) >= 11 is 0. The predicted octanol–water partition coefficient (Wildman–Crippen LogP) is 0.161. The molecule has 3 heterocycles. The minimum absolute atomic E-state index is 0.0587. The molecule has 1 aliphatic rings. The maximum atomic E-state index is 12.1. The van der Waals surface area contributed by atoms with Gasteiger partial charge in [-0.1, -0.05) is 12.1 Å². The van der Waals surface area contributed by atoms with Gasteiger partial charge in [-0.15, -0.1) is 0 Å². The third-order valence-corrected chi connectivity index (χ3v) is 6.92. The Labute approximate surface area is 225 Å². The number of ether oxygens (including phenoxy) is 1. The van der Waals surface area contributed by atoms with Gasteiger partial charge in [-0.3, -0.25) is 13.2 Å². The minimum atomic E-state index is -3.86. The zero-order chi connectivity index (χ0) is 28.4. The number of pyridine rings is 1. The Balaban J connectivity index is 1.68. The average Bonchev–Trinajstić information content (AvgIpc) is 2.89. The van der Waals surface area contributed by atoms with Gasteiger partial charge in [0.05, 0.1) is 50.0 Å². The van der Waals surface area contributed by atoms with Crippen molar-refractivity contribution in [1.82, 2.24) is 20.3 Å². The maximum Gasteiger partial charge on any atom is 0.264 e. The molecule has 39 heavy (non-hydrogen) atoms. The van der Waals surface area contributed by atoms with Gasteiger partial charge in [-0.05, 0) is 24.3 Å². The molecular weight excluding hydrogens is 552 g/mol. The van der Waals surface area contributed by atoms with Crippen LogP contribution in [0.15, 0.2) is 36.4 Å². The second-order valence-electron chi connectivity index (χ2n) is 9.02. The molecule has 0 radical (unpaired) electrons. The van der Waals surface area contributed by atoms with E-state index in [0.717, 1.165) is 12.5 Å². The predicted molar refractivity (Wildman–Crippen MR) is 143 cm³/mol. The average molecular weight is 581 g/mol. The molecule has 210 valence electrons. The van der Waals surface area contributed by atoms with Crippen molar-refractivity contribution in [3.63, 3.8) is 0 Å². The molecule has 1 saturated heterocycles. The van der Waals surface area contributed by atoms with Gasteiger partial charge in [0.1, 0.15) is 11.4 Å². The van der Waals surface area contributed by atoms with Crippen molar-refractivity contribution in [3.05, 3.63) is 42.0 Å². The normalized spacial score (nSPS) is 15.8. The number of nitrogen functional groups attached to an aromatic ring is 1. The van der Waals surface area contributed by atoms with Gasteiger partial charge in [0.15, 0.2) is 5.65 Å². The molecule has 4 rings (SSSR count). The van der Waals surface area contributed by atoms with Crippen LogP contribution in [0.5, 0.6) is 0 Å². The van der Waals surface area contributed by atoms with E-state index >= 15 is 0 Å². The third-order valence-electron chi connectivity index (χ3n) is 5.83. The molecule has 2 aromatic heterocycles. The van der Waals surface area contributed by atoms with Gasteiger partial charge in [-0.2, -0.15) is 26.8 Å². The van der Waals surface area contributed by atoms with Crippen LogP contribution >= 0.6 is 0 Å². The largest absolute Gasteiger partial charge is 0.383 e. The zero-order valence-electron chi connectivity index (χ0n) is 21.4. The van der Waals surface area contributed by atoms with Crippen molar-refractivity contribution in [2.75, 3.05) is 63.1 Å². The smallest absolute Gasteiger partial charge is 0.264 e. The van der Waals surface area contributed by atoms with E-state index < -0.39 is 39.1 Å². The summed E-state index contributed by atoms with van der Waals surface area (Å²) in [5.74, 6) is 0.0992. The van der Waals surface area contributed by atoms with Gasteiger partial charge in [0.2, 0.25) is 5.95 Å². The van der Waals surface area contributed by atoms with E-state index in [2.05, 4.69) is 20.3 Å². The summed E-state index contributed by atoms with van der Waals surface area (Å²) in [5.41, 5.74) is 6.76. The second kappa shape index (κ2) is 11.0. The lowest BCUT2D eigenvalue weighted by Gasteiger charge is -2.41. The van der Waals surface area contributed by atoms with Crippen LogP contribution in [0, 0.1) is 0 Å². The summed E-state index contributed by atoms with van der Waals surface area (Å²) in [5, 5.41) is 3.09. The van der Waals surface area contributed by atoms with E-state index in [0.29, 0.717) is 22.2 Å². The number of fused-ring (bicyclic) bond motifs is 1. The highest BCUT2D eigenvalue weighted by Crippen LogP contribution is 2.28. The number of hydrogen-bond acceptors (Lipinski definition) is 13.